The standard InChI is InChI=1S/C11H23N3O2S.ClH/c1-2-5-12-6-7-13-17(15,16)14-9-10-3-4-11(14)8-10;/h10-13H,2-9H2,1H3;1H. The molecular weight excluding hydrogens is 274 g/mol. The van der Waals surface area contributed by atoms with E-state index < -0.39 is 10.2 Å². The van der Waals surface area contributed by atoms with E-state index in [-0.39, 0.29) is 18.4 Å². The highest BCUT2D eigenvalue weighted by atomic mass is 35.5. The van der Waals surface area contributed by atoms with Gasteiger partial charge in [-0.1, -0.05) is 6.92 Å². The van der Waals surface area contributed by atoms with Crippen LogP contribution in [0.25, 0.3) is 0 Å². The molecule has 18 heavy (non-hydrogen) atoms. The van der Waals surface area contributed by atoms with Gasteiger partial charge in [0.25, 0.3) is 10.2 Å². The first-order valence-corrected chi connectivity index (χ1v) is 8.04. The van der Waals surface area contributed by atoms with Crippen LogP contribution in [0.5, 0.6) is 0 Å². The molecule has 2 atom stereocenters. The Morgan fingerprint density at radius 2 is 2.00 bits per heavy atom. The minimum absolute atomic E-state index is 0. The molecule has 1 aliphatic heterocycles. The molecule has 2 unspecified atom stereocenters. The maximum atomic E-state index is 12.0. The third-order valence-corrected chi connectivity index (χ3v) is 5.31. The molecule has 2 fully saturated rings. The van der Waals surface area contributed by atoms with E-state index in [9.17, 15) is 8.42 Å². The third kappa shape index (κ3) is 3.81. The van der Waals surface area contributed by atoms with Gasteiger partial charge in [-0.05, 0) is 38.1 Å². The summed E-state index contributed by atoms with van der Waals surface area (Å²) in [7, 11) is -3.23. The molecular formula is C11H24ClN3O2S. The maximum Gasteiger partial charge on any atom is 0.279 e. The van der Waals surface area contributed by atoms with Crippen LogP contribution in [0.2, 0.25) is 0 Å². The van der Waals surface area contributed by atoms with Gasteiger partial charge in [0.05, 0.1) is 0 Å². The largest absolute Gasteiger partial charge is 0.315 e. The number of halogens is 1. The predicted octanol–water partition coefficient (Wildman–Crippen LogP) is 0.726. The molecule has 5 nitrogen and oxygen atoms in total. The summed E-state index contributed by atoms with van der Waals surface area (Å²) in [6.45, 7) is 4.95. The Kier molecular flexibility index (Phi) is 6.34. The van der Waals surface area contributed by atoms with Crippen LogP contribution in [0.1, 0.15) is 32.6 Å². The number of nitrogens with one attached hydrogen (secondary N) is 2. The number of rotatable bonds is 7. The summed E-state index contributed by atoms with van der Waals surface area (Å²) in [6.07, 6.45) is 4.38. The third-order valence-electron chi connectivity index (χ3n) is 3.68. The molecule has 2 bridgehead atoms. The van der Waals surface area contributed by atoms with Gasteiger partial charge in [0.1, 0.15) is 0 Å². The molecule has 0 aromatic carbocycles. The van der Waals surface area contributed by atoms with Crippen molar-refractivity contribution in [2.45, 2.75) is 38.6 Å². The Balaban J connectivity index is 0.00000162. The summed E-state index contributed by atoms with van der Waals surface area (Å²) in [6, 6.07) is 0.265. The van der Waals surface area contributed by atoms with Crippen molar-refractivity contribution < 1.29 is 8.42 Å². The van der Waals surface area contributed by atoms with Crippen molar-refractivity contribution in [2.75, 3.05) is 26.2 Å². The highest BCUT2D eigenvalue weighted by molar-refractivity contribution is 7.87. The molecule has 0 radical (unpaired) electrons. The van der Waals surface area contributed by atoms with Gasteiger partial charge in [0.15, 0.2) is 0 Å². The molecule has 2 rings (SSSR count). The summed E-state index contributed by atoms with van der Waals surface area (Å²) < 4.78 is 28.4. The van der Waals surface area contributed by atoms with Gasteiger partial charge >= 0.3 is 0 Å². The first-order chi connectivity index (χ1) is 8.13. The second kappa shape index (κ2) is 7.05. The normalized spacial score (nSPS) is 27.4. The Labute approximate surface area is 116 Å². The van der Waals surface area contributed by atoms with Crippen molar-refractivity contribution >= 4 is 22.6 Å². The van der Waals surface area contributed by atoms with Crippen LogP contribution >= 0.6 is 12.4 Å². The van der Waals surface area contributed by atoms with Gasteiger partial charge < -0.3 is 5.32 Å². The van der Waals surface area contributed by atoms with Crippen LogP contribution in [-0.4, -0.2) is 44.9 Å². The van der Waals surface area contributed by atoms with E-state index in [0.29, 0.717) is 19.0 Å². The topological polar surface area (TPSA) is 61.4 Å². The van der Waals surface area contributed by atoms with Crippen LogP contribution in [0.3, 0.4) is 0 Å². The summed E-state index contributed by atoms with van der Waals surface area (Å²) in [5.41, 5.74) is 0. The number of fused-ring (bicyclic) bond motifs is 2. The van der Waals surface area contributed by atoms with E-state index in [0.717, 1.165) is 32.4 Å². The van der Waals surface area contributed by atoms with Crippen LogP contribution in [0.15, 0.2) is 0 Å². The number of hydrogen-bond acceptors (Lipinski definition) is 3. The fourth-order valence-corrected chi connectivity index (χ4v) is 4.34. The van der Waals surface area contributed by atoms with Gasteiger partial charge in [0.2, 0.25) is 0 Å². The zero-order valence-corrected chi connectivity index (χ0v) is 12.5. The Bertz CT molecular complexity index is 350. The van der Waals surface area contributed by atoms with Crippen LogP contribution < -0.4 is 10.0 Å². The smallest absolute Gasteiger partial charge is 0.279 e. The number of piperidine rings is 1. The molecule has 2 N–H and O–H groups in total. The number of hydrogen-bond donors (Lipinski definition) is 2. The Hall–Kier alpha value is 0.120. The first kappa shape index (κ1) is 16.2. The van der Waals surface area contributed by atoms with Crippen molar-refractivity contribution in [3.63, 3.8) is 0 Å². The van der Waals surface area contributed by atoms with Gasteiger partial charge in [-0.25, -0.2) is 4.72 Å². The van der Waals surface area contributed by atoms with E-state index in [2.05, 4.69) is 17.0 Å². The molecule has 1 saturated carbocycles. The lowest BCUT2D eigenvalue weighted by atomic mass is 10.1. The van der Waals surface area contributed by atoms with Gasteiger partial charge in [-0.15, -0.1) is 12.4 Å². The van der Waals surface area contributed by atoms with E-state index in [4.69, 9.17) is 0 Å². The second-order valence-electron chi connectivity index (χ2n) is 5.05. The van der Waals surface area contributed by atoms with Gasteiger partial charge in [-0.3, -0.25) is 0 Å². The minimum atomic E-state index is -3.23. The van der Waals surface area contributed by atoms with Crippen molar-refractivity contribution in [3.05, 3.63) is 0 Å². The molecule has 0 aromatic heterocycles. The van der Waals surface area contributed by atoms with E-state index in [1.165, 1.54) is 6.42 Å². The fraction of sp³-hybridized carbons (Fsp3) is 1.00. The molecule has 0 aromatic rings. The van der Waals surface area contributed by atoms with E-state index in [1.54, 1.807) is 4.31 Å². The van der Waals surface area contributed by atoms with Gasteiger partial charge in [0, 0.05) is 25.7 Å². The zero-order chi connectivity index (χ0) is 12.3. The molecule has 108 valence electrons. The molecule has 2 aliphatic rings. The molecule has 7 heteroatoms. The lowest BCUT2D eigenvalue weighted by molar-refractivity contribution is 0.328. The maximum absolute atomic E-state index is 12.0. The molecule has 1 saturated heterocycles. The monoisotopic (exact) mass is 297 g/mol. The summed E-state index contributed by atoms with van der Waals surface area (Å²) in [4.78, 5) is 0. The quantitative estimate of drug-likeness (QED) is 0.681. The lowest BCUT2D eigenvalue weighted by Crippen LogP contribution is -2.46. The van der Waals surface area contributed by atoms with Crippen LogP contribution in [0, 0.1) is 5.92 Å². The van der Waals surface area contributed by atoms with E-state index >= 15 is 0 Å². The summed E-state index contributed by atoms with van der Waals surface area (Å²) >= 11 is 0. The molecule has 1 aliphatic carbocycles. The fourth-order valence-electron chi connectivity index (χ4n) is 2.83. The van der Waals surface area contributed by atoms with Crippen molar-refractivity contribution in [1.29, 1.82) is 0 Å². The highest BCUT2D eigenvalue weighted by Gasteiger charge is 2.43. The molecule has 0 spiro atoms. The highest BCUT2D eigenvalue weighted by Crippen LogP contribution is 2.38. The summed E-state index contributed by atoms with van der Waals surface area (Å²) in [5, 5.41) is 3.19. The van der Waals surface area contributed by atoms with E-state index in [1.807, 2.05) is 0 Å². The average Bonchev–Trinajstić information content (AvgIpc) is 2.90. The second-order valence-corrected chi connectivity index (χ2v) is 6.76. The minimum Gasteiger partial charge on any atom is -0.315 e. The van der Waals surface area contributed by atoms with Crippen LogP contribution in [0.4, 0.5) is 0 Å². The predicted molar refractivity (Wildman–Crippen MR) is 75.2 cm³/mol. The Morgan fingerprint density at radius 1 is 1.22 bits per heavy atom. The average molecular weight is 298 g/mol. The molecule has 0 amide bonds. The SMILES string of the molecule is CCCNCCNS(=O)(=O)N1CC2CCC1C2.Cl. The molecule has 1 heterocycles. The van der Waals surface area contributed by atoms with Crippen molar-refractivity contribution in [1.82, 2.24) is 14.3 Å². The van der Waals surface area contributed by atoms with Crippen molar-refractivity contribution in [2.24, 2.45) is 5.92 Å². The number of nitrogens with zero attached hydrogens (tertiary/aromatic N) is 1. The van der Waals surface area contributed by atoms with Crippen molar-refractivity contribution in [3.8, 4) is 0 Å². The Morgan fingerprint density at radius 3 is 2.56 bits per heavy atom. The van der Waals surface area contributed by atoms with Gasteiger partial charge in [-0.2, -0.15) is 12.7 Å². The lowest BCUT2D eigenvalue weighted by Gasteiger charge is -2.26. The summed E-state index contributed by atoms with van der Waals surface area (Å²) in [5.74, 6) is 0.606. The zero-order valence-electron chi connectivity index (χ0n) is 10.9. The van der Waals surface area contributed by atoms with Crippen LogP contribution in [-0.2, 0) is 10.2 Å². The first-order valence-electron chi connectivity index (χ1n) is 6.60.